The number of thiocarbonyl (C=S) groups is 1. The highest BCUT2D eigenvalue weighted by Crippen LogP contribution is 2.16. The minimum atomic E-state index is -0.0245. The van der Waals surface area contributed by atoms with Gasteiger partial charge in [-0.3, -0.25) is 10.2 Å². The van der Waals surface area contributed by atoms with Gasteiger partial charge < -0.3 is 5.32 Å². The van der Waals surface area contributed by atoms with Crippen LogP contribution in [-0.4, -0.2) is 23.7 Å². The lowest BCUT2D eigenvalue weighted by Crippen LogP contribution is -2.29. The van der Waals surface area contributed by atoms with Crippen LogP contribution in [0.4, 0.5) is 0 Å². The van der Waals surface area contributed by atoms with Crippen molar-refractivity contribution in [3.05, 3.63) is 107 Å². The number of hydrogen-bond acceptors (Lipinski definition) is 3. The zero-order chi connectivity index (χ0) is 19.1. The van der Waals surface area contributed by atoms with Crippen LogP contribution < -0.4 is 10.7 Å². The van der Waals surface area contributed by atoms with Gasteiger partial charge in [0.15, 0.2) is 10.9 Å². The molecule has 0 heterocycles. The van der Waals surface area contributed by atoms with Gasteiger partial charge in [0.05, 0.1) is 5.71 Å². The highest BCUT2D eigenvalue weighted by Gasteiger charge is 2.13. The fourth-order valence-electron chi connectivity index (χ4n) is 2.62. The van der Waals surface area contributed by atoms with Crippen molar-refractivity contribution in [1.29, 1.82) is 0 Å². The van der Waals surface area contributed by atoms with Crippen LogP contribution in [0.2, 0.25) is 0 Å². The van der Waals surface area contributed by atoms with Crippen molar-refractivity contribution in [1.82, 2.24) is 10.7 Å². The van der Waals surface area contributed by atoms with Crippen molar-refractivity contribution in [2.24, 2.45) is 5.10 Å². The van der Waals surface area contributed by atoms with E-state index in [1.807, 2.05) is 84.9 Å². The number of hydrogen-bond donors (Lipinski definition) is 2. The SMILES string of the molecule is CNC(=S)N/N=C(/c1ccccc1)c1cccc(C(=O)c2ccccc2)c1. The summed E-state index contributed by atoms with van der Waals surface area (Å²) in [5.41, 5.74) is 6.55. The normalized spacial score (nSPS) is 10.9. The van der Waals surface area contributed by atoms with Gasteiger partial charge in [-0.05, 0) is 18.3 Å². The largest absolute Gasteiger partial charge is 0.364 e. The Hall–Kier alpha value is -3.31. The fourth-order valence-corrected chi connectivity index (χ4v) is 2.66. The molecule has 3 aromatic carbocycles. The van der Waals surface area contributed by atoms with Crippen LogP contribution in [0, 0.1) is 0 Å². The van der Waals surface area contributed by atoms with Crippen molar-refractivity contribution in [3.8, 4) is 0 Å². The van der Waals surface area contributed by atoms with Crippen LogP contribution in [0.5, 0.6) is 0 Å². The summed E-state index contributed by atoms with van der Waals surface area (Å²) in [6, 6.07) is 26.5. The van der Waals surface area contributed by atoms with Crippen LogP contribution >= 0.6 is 12.2 Å². The van der Waals surface area contributed by atoms with E-state index in [1.165, 1.54) is 0 Å². The first-order chi connectivity index (χ1) is 13.2. The molecule has 3 aromatic rings. The van der Waals surface area contributed by atoms with E-state index < -0.39 is 0 Å². The Balaban J connectivity index is 2.00. The molecule has 134 valence electrons. The number of benzene rings is 3. The van der Waals surface area contributed by atoms with Gasteiger partial charge in [0.25, 0.3) is 0 Å². The summed E-state index contributed by atoms with van der Waals surface area (Å²) in [7, 11) is 1.73. The first-order valence-corrected chi connectivity index (χ1v) is 8.91. The zero-order valence-corrected chi connectivity index (χ0v) is 15.7. The Morgan fingerprint density at radius 1 is 0.778 bits per heavy atom. The second-order valence-corrected chi connectivity index (χ2v) is 6.20. The Bertz CT molecular complexity index is 969. The molecule has 4 nitrogen and oxygen atoms in total. The Labute approximate surface area is 163 Å². The molecule has 0 bridgehead atoms. The number of ketones is 1. The van der Waals surface area contributed by atoms with Crippen LogP contribution in [-0.2, 0) is 0 Å². The minimum absolute atomic E-state index is 0.0245. The van der Waals surface area contributed by atoms with Gasteiger partial charge in [-0.15, -0.1) is 0 Å². The first kappa shape index (κ1) is 18.5. The molecule has 5 heteroatoms. The predicted molar refractivity (Wildman–Crippen MR) is 113 cm³/mol. The van der Waals surface area contributed by atoms with Gasteiger partial charge in [-0.2, -0.15) is 5.10 Å². The number of nitrogens with zero attached hydrogens (tertiary/aromatic N) is 1. The van der Waals surface area contributed by atoms with Crippen LogP contribution in [0.1, 0.15) is 27.0 Å². The van der Waals surface area contributed by atoms with Gasteiger partial charge in [0.1, 0.15) is 0 Å². The highest BCUT2D eigenvalue weighted by molar-refractivity contribution is 7.80. The van der Waals surface area contributed by atoms with E-state index in [0.717, 1.165) is 11.1 Å². The molecule has 0 radical (unpaired) electrons. The number of hydrazone groups is 1. The van der Waals surface area contributed by atoms with E-state index in [2.05, 4.69) is 15.8 Å². The molecule has 0 saturated carbocycles. The summed E-state index contributed by atoms with van der Waals surface area (Å²) in [6.07, 6.45) is 0. The lowest BCUT2D eigenvalue weighted by molar-refractivity contribution is 0.103. The van der Waals surface area contributed by atoms with E-state index in [0.29, 0.717) is 22.0 Å². The monoisotopic (exact) mass is 373 g/mol. The molecule has 2 N–H and O–H groups in total. The molecular formula is C22H19N3OS. The van der Waals surface area contributed by atoms with Gasteiger partial charge >= 0.3 is 0 Å². The molecule has 0 fully saturated rings. The Kier molecular flexibility index (Phi) is 6.07. The highest BCUT2D eigenvalue weighted by atomic mass is 32.1. The van der Waals surface area contributed by atoms with E-state index in [-0.39, 0.29) is 5.78 Å². The van der Waals surface area contributed by atoms with Crippen LogP contribution in [0.3, 0.4) is 0 Å². The van der Waals surface area contributed by atoms with E-state index in [1.54, 1.807) is 7.05 Å². The van der Waals surface area contributed by atoms with E-state index >= 15 is 0 Å². The molecule has 0 spiro atoms. The third-order valence-corrected chi connectivity index (χ3v) is 4.27. The lowest BCUT2D eigenvalue weighted by atomic mass is 9.97. The molecule has 0 aromatic heterocycles. The Morgan fingerprint density at radius 2 is 1.33 bits per heavy atom. The summed E-state index contributed by atoms with van der Waals surface area (Å²) in [4.78, 5) is 12.8. The molecule has 27 heavy (non-hydrogen) atoms. The van der Waals surface area contributed by atoms with Crippen molar-refractivity contribution >= 4 is 28.8 Å². The maximum Gasteiger partial charge on any atom is 0.193 e. The summed E-state index contributed by atoms with van der Waals surface area (Å²) < 4.78 is 0. The number of carbonyl (C=O) groups excluding carboxylic acids is 1. The van der Waals surface area contributed by atoms with E-state index in [9.17, 15) is 4.79 Å². The molecule has 0 amide bonds. The predicted octanol–water partition coefficient (Wildman–Crippen LogP) is 3.76. The smallest absolute Gasteiger partial charge is 0.193 e. The number of nitrogens with one attached hydrogen (secondary N) is 2. The third-order valence-electron chi connectivity index (χ3n) is 3.98. The average molecular weight is 373 g/mol. The quantitative estimate of drug-likeness (QED) is 0.309. The van der Waals surface area contributed by atoms with Gasteiger partial charge in [-0.1, -0.05) is 78.9 Å². The average Bonchev–Trinajstić information content (AvgIpc) is 2.74. The molecule has 0 saturated heterocycles. The third kappa shape index (κ3) is 4.65. The molecule has 0 atom stereocenters. The summed E-state index contributed by atoms with van der Waals surface area (Å²) >= 11 is 5.12. The minimum Gasteiger partial charge on any atom is -0.364 e. The summed E-state index contributed by atoms with van der Waals surface area (Å²) in [6.45, 7) is 0. The van der Waals surface area contributed by atoms with Gasteiger partial charge in [0.2, 0.25) is 0 Å². The topological polar surface area (TPSA) is 53.5 Å². The standard InChI is InChI=1S/C22H19N3OS/c1-23-22(27)25-24-20(16-9-4-2-5-10-16)18-13-8-14-19(15-18)21(26)17-11-6-3-7-12-17/h2-15H,1H3,(H2,23,25,27)/b24-20-. The molecule has 0 unspecified atom stereocenters. The zero-order valence-electron chi connectivity index (χ0n) is 14.8. The number of rotatable bonds is 5. The number of carbonyl (C=O) groups is 1. The van der Waals surface area contributed by atoms with E-state index in [4.69, 9.17) is 12.2 Å². The van der Waals surface area contributed by atoms with Crippen LogP contribution in [0.25, 0.3) is 0 Å². The molecule has 0 aliphatic heterocycles. The van der Waals surface area contributed by atoms with Crippen molar-refractivity contribution in [3.63, 3.8) is 0 Å². The molecule has 0 aliphatic carbocycles. The lowest BCUT2D eigenvalue weighted by Gasteiger charge is -2.10. The maximum absolute atomic E-state index is 12.8. The summed E-state index contributed by atoms with van der Waals surface area (Å²) in [5, 5.41) is 7.71. The second kappa shape index (κ2) is 8.87. The second-order valence-electron chi connectivity index (χ2n) is 5.79. The van der Waals surface area contributed by atoms with Crippen LogP contribution in [0.15, 0.2) is 90.0 Å². The fraction of sp³-hybridized carbons (Fsp3) is 0.0455. The van der Waals surface area contributed by atoms with Crippen molar-refractivity contribution < 1.29 is 4.79 Å². The van der Waals surface area contributed by atoms with Crippen molar-refractivity contribution in [2.45, 2.75) is 0 Å². The summed E-state index contributed by atoms with van der Waals surface area (Å²) in [5.74, 6) is -0.0245. The molecule has 0 aliphatic rings. The molecular weight excluding hydrogens is 354 g/mol. The Morgan fingerprint density at radius 3 is 1.96 bits per heavy atom. The molecule has 3 rings (SSSR count). The maximum atomic E-state index is 12.8. The first-order valence-electron chi connectivity index (χ1n) is 8.50. The van der Waals surface area contributed by atoms with Gasteiger partial charge in [-0.25, -0.2) is 0 Å². The van der Waals surface area contributed by atoms with Crippen molar-refractivity contribution in [2.75, 3.05) is 7.05 Å². The van der Waals surface area contributed by atoms with Gasteiger partial charge in [0, 0.05) is 29.3 Å².